The van der Waals surface area contributed by atoms with Gasteiger partial charge in [0, 0.05) is 51.0 Å². The lowest BCUT2D eigenvalue weighted by atomic mass is 9.97. The molecule has 1 N–H and O–H groups in total. The van der Waals surface area contributed by atoms with E-state index in [4.69, 9.17) is 0 Å². The zero-order valence-corrected chi connectivity index (χ0v) is 13.9. The Morgan fingerprint density at radius 2 is 1.73 bits per heavy atom. The van der Waals surface area contributed by atoms with Crippen LogP contribution < -0.4 is 10.2 Å². The van der Waals surface area contributed by atoms with E-state index in [1.54, 1.807) is 0 Å². The molecule has 0 spiro atoms. The average molecular weight is 299 g/mol. The largest absolute Gasteiger partial charge is 0.372 e. The van der Waals surface area contributed by atoms with Gasteiger partial charge in [0.15, 0.2) is 0 Å². The Morgan fingerprint density at radius 3 is 2.32 bits per heavy atom. The van der Waals surface area contributed by atoms with E-state index in [1.165, 1.54) is 42.8 Å². The number of nitrogens with zero attached hydrogens (tertiary/aromatic N) is 2. The van der Waals surface area contributed by atoms with Crippen LogP contribution in [0.4, 0.5) is 5.69 Å². The molecule has 1 aromatic carbocycles. The zero-order valence-electron chi connectivity index (χ0n) is 13.9. The fourth-order valence-electron chi connectivity index (χ4n) is 3.66. The van der Waals surface area contributed by atoms with Gasteiger partial charge < -0.3 is 10.2 Å². The van der Waals surface area contributed by atoms with Gasteiger partial charge in [-0.2, -0.15) is 0 Å². The van der Waals surface area contributed by atoms with Crippen LogP contribution in [0.3, 0.4) is 0 Å². The van der Waals surface area contributed by atoms with Crippen molar-refractivity contribution in [1.82, 2.24) is 10.2 Å². The highest BCUT2D eigenvalue weighted by atomic mass is 15.2. The molecule has 1 atom stereocenters. The third-order valence-corrected chi connectivity index (χ3v) is 4.88. The lowest BCUT2D eigenvalue weighted by molar-refractivity contribution is 0.172. The molecule has 2 fully saturated rings. The van der Waals surface area contributed by atoms with Crippen LogP contribution in [0.15, 0.2) is 36.4 Å². The van der Waals surface area contributed by atoms with Crippen molar-refractivity contribution < 1.29 is 0 Å². The normalized spacial score (nSPS) is 21.0. The molecule has 0 unspecified atom stereocenters. The third-order valence-electron chi connectivity index (χ3n) is 4.88. The average Bonchev–Trinajstić information content (AvgIpc) is 3.08. The second-order valence-electron chi connectivity index (χ2n) is 6.75. The predicted molar refractivity (Wildman–Crippen MR) is 94.5 cm³/mol. The summed E-state index contributed by atoms with van der Waals surface area (Å²) in [6.45, 7) is 13.2. The van der Waals surface area contributed by atoms with Gasteiger partial charge in [-0.3, -0.25) is 4.90 Å². The number of anilines is 1. The van der Waals surface area contributed by atoms with Crippen LogP contribution in [0.2, 0.25) is 0 Å². The fourth-order valence-corrected chi connectivity index (χ4v) is 3.66. The van der Waals surface area contributed by atoms with Crippen molar-refractivity contribution in [1.29, 1.82) is 0 Å². The summed E-state index contributed by atoms with van der Waals surface area (Å²) in [6.07, 6.45) is 3.73. The molecular formula is C19H29N3. The summed E-state index contributed by atoms with van der Waals surface area (Å²) in [5, 5.41) is 3.45. The van der Waals surface area contributed by atoms with Crippen LogP contribution in [0.1, 0.15) is 37.8 Å². The van der Waals surface area contributed by atoms with Crippen LogP contribution in [-0.4, -0.2) is 44.2 Å². The van der Waals surface area contributed by atoms with Gasteiger partial charge in [-0.05, 0) is 43.9 Å². The monoisotopic (exact) mass is 299 g/mol. The molecule has 0 aromatic heterocycles. The Balaban J connectivity index is 1.75. The maximum atomic E-state index is 4.15. The topological polar surface area (TPSA) is 18.5 Å². The number of hydrogen-bond acceptors (Lipinski definition) is 3. The van der Waals surface area contributed by atoms with E-state index in [9.17, 15) is 0 Å². The second-order valence-corrected chi connectivity index (χ2v) is 6.75. The van der Waals surface area contributed by atoms with Gasteiger partial charge in [0.25, 0.3) is 0 Å². The fraction of sp³-hybridized carbons (Fsp3) is 0.579. The van der Waals surface area contributed by atoms with E-state index in [-0.39, 0.29) is 0 Å². The van der Waals surface area contributed by atoms with Crippen LogP contribution in [0, 0.1) is 0 Å². The Hall–Kier alpha value is -1.32. The van der Waals surface area contributed by atoms with Crippen molar-refractivity contribution in [3.05, 3.63) is 42.0 Å². The minimum atomic E-state index is 0.479. The maximum Gasteiger partial charge on any atom is 0.0386 e. The van der Waals surface area contributed by atoms with Gasteiger partial charge in [-0.15, -0.1) is 6.58 Å². The van der Waals surface area contributed by atoms with Crippen molar-refractivity contribution in [2.45, 2.75) is 32.2 Å². The summed E-state index contributed by atoms with van der Waals surface area (Å²) >= 11 is 0. The maximum absolute atomic E-state index is 4.15. The van der Waals surface area contributed by atoms with Crippen LogP contribution in [-0.2, 0) is 0 Å². The van der Waals surface area contributed by atoms with Crippen molar-refractivity contribution in [2.75, 3.05) is 44.2 Å². The predicted octanol–water partition coefficient (Wildman–Crippen LogP) is 3.20. The second kappa shape index (κ2) is 7.30. The molecular weight excluding hydrogens is 270 g/mol. The molecule has 3 nitrogen and oxygen atoms in total. The molecule has 2 saturated heterocycles. The van der Waals surface area contributed by atoms with Crippen molar-refractivity contribution in [3.8, 4) is 0 Å². The first-order chi connectivity index (χ1) is 10.7. The van der Waals surface area contributed by atoms with Gasteiger partial charge in [0.05, 0.1) is 0 Å². The van der Waals surface area contributed by atoms with Gasteiger partial charge in [0.2, 0.25) is 0 Å². The number of hydrogen-bond donors (Lipinski definition) is 1. The van der Waals surface area contributed by atoms with Crippen LogP contribution >= 0.6 is 0 Å². The number of nitrogens with one attached hydrogen (secondary N) is 1. The molecule has 0 saturated carbocycles. The third kappa shape index (κ3) is 3.71. The van der Waals surface area contributed by atoms with E-state index >= 15 is 0 Å². The summed E-state index contributed by atoms with van der Waals surface area (Å²) in [5.74, 6) is 0. The van der Waals surface area contributed by atoms with E-state index < -0.39 is 0 Å². The Labute approximate surface area is 135 Å². The Kier molecular flexibility index (Phi) is 5.16. The van der Waals surface area contributed by atoms with Crippen molar-refractivity contribution in [2.24, 2.45) is 0 Å². The Bertz CT molecular complexity index is 482. The molecule has 0 radical (unpaired) electrons. The molecule has 0 amide bonds. The minimum absolute atomic E-state index is 0.479. The van der Waals surface area contributed by atoms with E-state index in [1.807, 2.05) is 0 Å². The summed E-state index contributed by atoms with van der Waals surface area (Å²) in [7, 11) is 0. The lowest BCUT2D eigenvalue weighted by Crippen LogP contribution is -2.45. The zero-order chi connectivity index (χ0) is 15.4. The number of rotatable bonds is 5. The standard InChI is InChI=1S/C19H29N3/c1-16(2)15-19(22-13-9-20-10-14-22)17-5-7-18(8-6-17)21-11-3-4-12-21/h5-8,19-20H,1,3-4,9-15H2,2H3/t19-/m0/s1. The summed E-state index contributed by atoms with van der Waals surface area (Å²) in [5.41, 5.74) is 4.09. The van der Waals surface area contributed by atoms with Gasteiger partial charge >= 0.3 is 0 Å². The first-order valence-corrected chi connectivity index (χ1v) is 8.68. The highest BCUT2D eigenvalue weighted by molar-refractivity contribution is 5.48. The van der Waals surface area contributed by atoms with Gasteiger partial charge in [-0.25, -0.2) is 0 Å². The molecule has 2 aliphatic rings. The highest BCUT2D eigenvalue weighted by Crippen LogP contribution is 2.29. The SMILES string of the molecule is C=C(C)C[C@@H](c1ccc(N2CCCC2)cc1)N1CCNCC1. The van der Waals surface area contributed by atoms with Gasteiger partial charge in [-0.1, -0.05) is 17.7 Å². The minimum Gasteiger partial charge on any atom is -0.372 e. The quantitative estimate of drug-likeness (QED) is 0.842. The smallest absolute Gasteiger partial charge is 0.0386 e. The first-order valence-electron chi connectivity index (χ1n) is 8.68. The van der Waals surface area contributed by atoms with Gasteiger partial charge in [0.1, 0.15) is 0 Å². The number of piperazine rings is 1. The van der Waals surface area contributed by atoms with Crippen molar-refractivity contribution >= 4 is 5.69 Å². The summed E-state index contributed by atoms with van der Waals surface area (Å²) in [6, 6.07) is 9.78. The van der Waals surface area contributed by atoms with Crippen LogP contribution in [0.25, 0.3) is 0 Å². The summed E-state index contributed by atoms with van der Waals surface area (Å²) in [4.78, 5) is 5.11. The molecule has 22 heavy (non-hydrogen) atoms. The highest BCUT2D eigenvalue weighted by Gasteiger charge is 2.22. The van der Waals surface area contributed by atoms with Crippen molar-refractivity contribution in [3.63, 3.8) is 0 Å². The van der Waals surface area contributed by atoms with Crippen LogP contribution in [0.5, 0.6) is 0 Å². The number of benzene rings is 1. The molecule has 3 heteroatoms. The molecule has 2 heterocycles. The molecule has 0 bridgehead atoms. The lowest BCUT2D eigenvalue weighted by Gasteiger charge is -2.35. The van der Waals surface area contributed by atoms with E-state index in [2.05, 4.69) is 52.9 Å². The molecule has 1 aromatic rings. The molecule has 2 aliphatic heterocycles. The van der Waals surface area contributed by atoms with E-state index in [0.29, 0.717) is 6.04 Å². The molecule has 120 valence electrons. The molecule has 0 aliphatic carbocycles. The summed E-state index contributed by atoms with van der Waals surface area (Å²) < 4.78 is 0. The van der Waals surface area contributed by atoms with E-state index in [0.717, 1.165) is 32.6 Å². The molecule has 3 rings (SSSR count). The Morgan fingerprint density at radius 1 is 1.09 bits per heavy atom. The first kappa shape index (κ1) is 15.6.